The molecule has 6 nitrogen and oxygen atoms in total. The minimum atomic E-state index is -0.391. The van der Waals surface area contributed by atoms with Gasteiger partial charge in [0.2, 0.25) is 0 Å². The SMILES string of the molecule is CC12c3cc(N)c(N)cc3C3(C)c4ccc(N)c(N)c4C(C)(c4cc(N)c(N)cc41)C23. The van der Waals surface area contributed by atoms with Crippen molar-refractivity contribution < 1.29 is 0 Å². The standard InChI is InChI=1S/C25H28N6/c1-23-10-4-5-15(26)21(31)20(10)25(3)14-9-19(30)18(29)8-13(14)24(2,22(23)25)12-7-17(28)16(27)6-11(12)23/h4-9,22H,26-31H2,1-3H3. The Bertz CT molecular complexity index is 1340. The molecular weight excluding hydrogens is 384 g/mol. The summed E-state index contributed by atoms with van der Waals surface area (Å²) in [5, 5.41) is 0. The Kier molecular flexibility index (Phi) is 2.86. The van der Waals surface area contributed by atoms with Crippen molar-refractivity contribution >= 4 is 34.1 Å². The summed E-state index contributed by atoms with van der Waals surface area (Å²) in [6.45, 7) is 6.87. The van der Waals surface area contributed by atoms with Crippen LogP contribution in [-0.2, 0) is 16.2 Å². The maximum Gasteiger partial charge on any atom is 0.0592 e. The maximum atomic E-state index is 6.68. The highest BCUT2D eigenvalue weighted by Gasteiger charge is 2.73. The summed E-state index contributed by atoms with van der Waals surface area (Å²) in [4.78, 5) is 0. The molecule has 0 spiro atoms. The average molecular weight is 413 g/mol. The molecule has 6 heteroatoms. The summed E-state index contributed by atoms with van der Waals surface area (Å²) in [5.41, 5.74) is 47.8. The van der Waals surface area contributed by atoms with Crippen LogP contribution in [-0.4, -0.2) is 0 Å². The lowest BCUT2D eigenvalue weighted by atomic mass is 9.64. The lowest BCUT2D eigenvalue weighted by Crippen LogP contribution is -2.40. The zero-order valence-corrected chi connectivity index (χ0v) is 18.0. The highest BCUT2D eigenvalue weighted by atomic mass is 14.8. The highest BCUT2D eigenvalue weighted by molar-refractivity contribution is 5.85. The first-order chi connectivity index (χ1) is 14.5. The van der Waals surface area contributed by atoms with Crippen molar-refractivity contribution in [2.75, 3.05) is 34.4 Å². The Hall–Kier alpha value is -3.54. The van der Waals surface area contributed by atoms with Crippen LogP contribution in [0.2, 0.25) is 0 Å². The molecule has 0 saturated heterocycles. The predicted molar refractivity (Wildman–Crippen MR) is 129 cm³/mol. The van der Waals surface area contributed by atoms with Gasteiger partial charge in [0.25, 0.3) is 0 Å². The monoisotopic (exact) mass is 412 g/mol. The van der Waals surface area contributed by atoms with E-state index in [-0.39, 0.29) is 16.7 Å². The second-order valence-electron chi connectivity index (χ2n) is 10.1. The Labute approximate surface area is 181 Å². The van der Waals surface area contributed by atoms with Gasteiger partial charge in [0.15, 0.2) is 0 Å². The molecule has 3 aliphatic carbocycles. The van der Waals surface area contributed by atoms with Crippen LogP contribution >= 0.6 is 0 Å². The molecule has 0 bridgehead atoms. The fraction of sp³-hybridized carbons (Fsp3) is 0.280. The van der Waals surface area contributed by atoms with Gasteiger partial charge >= 0.3 is 0 Å². The van der Waals surface area contributed by atoms with E-state index in [4.69, 9.17) is 34.4 Å². The van der Waals surface area contributed by atoms with Gasteiger partial charge in [0, 0.05) is 16.2 Å². The summed E-state index contributed by atoms with van der Waals surface area (Å²) < 4.78 is 0. The van der Waals surface area contributed by atoms with E-state index < -0.39 is 5.41 Å². The number of rotatable bonds is 0. The van der Waals surface area contributed by atoms with Gasteiger partial charge in [-0.25, -0.2) is 0 Å². The van der Waals surface area contributed by atoms with E-state index >= 15 is 0 Å². The second kappa shape index (κ2) is 4.85. The molecule has 0 aliphatic heterocycles. The van der Waals surface area contributed by atoms with Crippen molar-refractivity contribution in [1.82, 2.24) is 0 Å². The average Bonchev–Trinajstić information content (AvgIpc) is 3.14. The third-order valence-electron chi connectivity index (χ3n) is 8.77. The van der Waals surface area contributed by atoms with Crippen molar-refractivity contribution in [3.05, 3.63) is 69.8 Å². The van der Waals surface area contributed by atoms with E-state index in [1.54, 1.807) is 0 Å². The fourth-order valence-corrected chi connectivity index (χ4v) is 7.69. The Morgan fingerprint density at radius 2 is 0.903 bits per heavy atom. The zero-order valence-electron chi connectivity index (χ0n) is 18.0. The number of hydrogen-bond donors (Lipinski definition) is 6. The molecule has 4 unspecified atom stereocenters. The van der Waals surface area contributed by atoms with E-state index in [0.717, 1.165) is 11.1 Å². The van der Waals surface area contributed by atoms with Crippen LogP contribution in [0.15, 0.2) is 36.4 Å². The van der Waals surface area contributed by atoms with Gasteiger partial charge in [-0.3, -0.25) is 0 Å². The molecule has 12 N–H and O–H groups in total. The van der Waals surface area contributed by atoms with Gasteiger partial charge < -0.3 is 34.4 Å². The number of hydrogen-bond acceptors (Lipinski definition) is 6. The van der Waals surface area contributed by atoms with Gasteiger partial charge in [-0.2, -0.15) is 0 Å². The number of nitrogens with two attached hydrogens (primary N) is 6. The Morgan fingerprint density at radius 1 is 0.516 bits per heavy atom. The Morgan fingerprint density at radius 3 is 1.35 bits per heavy atom. The van der Waals surface area contributed by atoms with Crippen LogP contribution in [0.1, 0.15) is 54.2 Å². The lowest BCUT2D eigenvalue weighted by molar-refractivity contribution is 0.246. The molecule has 6 rings (SSSR count). The second-order valence-corrected chi connectivity index (χ2v) is 10.1. The molecule has 0 heterocycles. The minimum Gasteiger partial charge on any atom is -0.397 e. The van der Waals surface area contributed by atoms with Crippen LogP contribution in [0.5, 0.6) is 0 Å². The van der Waals surface area contributed by atoms with Gasteiger partial charge in [-0.1, -0.05) is 26.8 Å². The number of benzene rings is 3. The van der Waals surface area contributed by atoms with Crippen LogP contribution < -0.4 is 34.4 Å². The van der Waals surface area contributed by atoms with E-state index in [9.17, 15) is 0 Å². The van der Waals surface area contributed by atoms with Crippen LogP contribution in [0.3, 0.4) is 0 Å². The van der Waals surface area contributed by atoms with Crippen molar-refractivity contribution in [1.29, 1.82) is 0 Å². The molecule has 3 aromatic carbocycles. The zero-order chi connectivity index (χ0) is 22.2. The summed E-state index contributed by atoms with van der Waals surface area (Å²) in [6, 6.07) is 12.2. The molecule has 0 aromatic heterocycles. The molecular formula is C25H28N6. The smallest absolute Gasteiger partial charge is 0.0592 e. The lowest BCUT2D eigenvalue weighted by Gasteiger charge is -2.37. The predicted octanol–water partition coefficient (Wildman–Crippen LogP) is 3.05. The quantitative estimate of drug-likeness (QED) is 0.312. The third kappa shape index (κ3) is 1.60. The van der Waals surface area contributed by atoms with Crippen molar-refractivity contribution in [2.24, 2.45) is 5.92 Å². The molecule has 4 atom stereocenters. The Balaban J connectivity index is 1.88. The molecule has 3 aromatic rings. The van der Waals surface area contributed by atoms with E-state index in [1.807, 2.05) is 18.2 Å². The van der Waals surface area contributed by atoms with Gasteiger partial charge in [0.1, 0.15) is 0 Å². The fourth-order valence-electron chi connectivity index (χ4n) is 7.69. The third-order valence-corrected chi connectivity index (χ3v) is 8.77. The first-order valence-corrected chi connectivity index (χ1v) is 10.6. The molecule has 31 heavy (non-hydrogen) atoms. The number of nitrogen functional groups attached to an aromatic ring is 6. The van der Waals surface area contributed by atoms with Crippen molar-refractivity contribution in [3.8, 4) is 0 Å². The van der Waals surface area contributed by atoms with Crippen LogP contribution in [0, 0.1) is 5.92 Å². The summed E-state index contributed by atoms with van der Waals surface area (Å²) in [6.07, 6.45) is 0. The van der Waals surface area contributed by atoms with Crippen LogP contribution in [0.4, 0.5) is 34.1 Å². The highest BCUT2D eigenvalue weighted by Crippen LogP contribution is 2.77. The largest absolute Gasteiger partial charge is 0.397 e. The molecule has 0 amide bonds. The summed E-state index contributed by atoms with van der Waals surface area (Å²) >= 11 is 0. The summed E-state index contributed by atoms with van der Waals surface area (Å²) in [7, 11) is 0. The molecule has 3 aliphatic rings. The number of anilines is 6. The topological polar surface area (TPSA) is 156 Å². The van der Waals surface area contributed by atoms with Gasteiger partial charge in [-0.05, 0) is 69.6 Å². The molecule has 158 valence electrons. The van der Waals surface area contributed by atoms with Crippen LogP contribution in [0.25, 0.3) is 0 Å². The first kappa shape index (κ1) is 18.2. The number of fused-ring (bicyclic) bond motifs is 9. The van der Waals surface area contributed by atoms with E-state index in [0.29, 0.717) is 34.1 Å². The van der Waals surface area contributed by atoms with E-state index in [2.05, 4.69) is 39.0 Å². The summed E-state index contributed by atoms with van der Waals surface area (Å²) in [5.74, 6) is 0.152. The normalized spacial score (nSPS) is 31.3. The molecule has 0 radical (unpaired) electrons. The molecule has 0 saturated carbocycles. The first-order valence-electron chi connectivity index (χ1n) is 10.6. The van der Waals surface area contributed by atoms with Gasteiger partial charge in [0.05, 0.1) is 34.1 Å². The van der Waals surface area contributed by atoms with Crippen molar-refractivity contribution in [2.45, 2.75) is 37.0 Å². The van der Waals surface area contributed by atoms with Gasteiger partial charge in [-0.15, -0.1) is 0 Å². The molecule has 0 fully saturated rings. The van der Waals surface area contributed by atoms with E-state index in [1.165, 1.54) is 22.3 Å². The van der Waals surface area contributed by atoms with Crippen molar-refractivity contribution in [3.63, 3.8) is 0 Å². The maximum absolute atomic E-state index is 6.68. The minimum absolute atomic E-state index is 0.152.